The lowest BCUT2D eigenvalue weighted by Crippen LogP contribution is -2.15. The van der Waals surface area contributed by atoms with Gasteiger partial charge in [0.05, 0.1) is 6.61 Å². The van der Waals surface area contributed by atoms with Crippen molar-refractivity contribution in [3.8, 4) is 5.75 Å². The van der Waals surface area contributed by atoms with Gasteiger partial charge in [-0.15, -0.1) is 0 Å². The average molecular weight is 320 g/mol. The molecule has 0 saturated heterocycles. The lowest BCUT2D eigenvalue weighted by atomic mass is 9.83. The van der Waals surface area contributed by atoms with Crippen LogP contribution in [-0.4, -0.2) is 12.4 Å². The van der Waals surface area contributed by atoms with E-state index in [9.17, 15) is 4.79 Å². The average Bonchev–Trinajstić information content (AvgIpc) is 2.57. The summed E-state index contributed by atoms with van der Waals surface area (Å²) in [6, 6.07) is 12.2. The minimum Gasteiger partial charge on any atom is -0.494 e. The molecule has 0 radical (unpaired) electrons. The van der Waals surface area contributed by atoms with Gasteiger partial charge in [-0.3, -0.25) is 4.79 Å². The summed E-state index contributed by atoms with van der Waals surface area (Å²) in [6.45, 7) is 6.97. The molecule has 2 heteroatoms. The molecule has 0 amide bonds. The summed E-state index contributed by atoms with van der Waals surface area (Å²) < 4.78 is 5.61. The molecule has 24 heavy (non-hydrogen) atoms. The summed E-state index contributed by atoms with van der Waals surface area (Å²) in [7, 11) is 0. The number of ketones is 1. The first-order chi connectivity index (χ1) is 11.6. The number of ether oxygens (including phenoxy) is 1. The molecule has 0 aromatic heterocycles. The van der Waals surface area contributed by atoms with Gasteiger partial charge in [-0.2, -0.15) is 0 Å². The first-order valence-electron chi connectivity index (χ1n) is 8.66. The van der Waals surface area contributed by atoms with Crippen molar-refractivity contribution in [2.24, 2.45) is 0 Å². The van der Waals surface area contributed by atoms with E-state index in [1.54, 1.807) is 0 Å². The van der Waals surface area contributed by atoms with Gasteiger partial charge < -0.3 is 4.74 Å². The summed E-state index contributed by atoms with van der Waals surface area (Å²) in [5, 5.41) is 0. The number of carbonyl (C=O) groups excluding carboxylic acids is 1. The Bertz CT molecular complexity index is 782. The van der Waals surface area contributed by atoms with Gasteiger partial charge in [-0.1, -0.05) is 30.7 Å². The van der Waals surface area contributed by atoms with Gasteiger partial charge in [0.1, 0.15) is 5.75 Å². The van der Waals surface area contributed by atoms with E-state index in [4.69, 9.17) is 4.74 Å². The highest BCUT2D eigenvalue weighted by atomic mass is 16.5. The lowest BCUT2D eigenvalue weighted by molar-refractivity contribution is 0.102. The van der Waals surface area contributed by atoms with Gasteiger partial charge in [-0.25, -0.2) is 0 Å². The zero-order valence-corrected chi connectivity index (χ0v) is 14.7. The molecule has 2 nitrogen and oxygen atoms in total. The molecular weight excluding hydrogens is 296 g/mol. The van der Waals surface area contributed by atoms with Crippen LogP contribution in [0.2, 0.25) is 0 Å². The first-order valence-corrected chi connectivity index (χ1v) is 8.66. The Hall–Kier alpha value is -2.35. The first kappa shape index (κ1) is 16.5. The van der Waals surface area contributed by atoms with Gasteiger partial charge in [-0.05, 0) is 74.1 Å². The number of benzene rings is 2. The minimum atomic E-state index is 0.175. The van der Waals surface area contributed by atoms with Gasteiger partial charge in [0.2, 0.25) is 0 Å². The molecule has 0 bridgehead atoms. The SMILES string of the molecule is CCCOc1ccc(/C=C2/CCc3c(C)cc(C)cc3C2=O)cc1. The normalized spacial score (nSPS) is 15.5. The highest BCUT2D eigenvalue weighted by molar-refractivity contribution is 6.13. The zero-order valence-electron chi connectivity index (χ0n) is 14.7. The van der Waals surface area contributed by atoms with Crippen LogP contribution < -0.4 is 4.74 Å². The number of aryl methyl sites for hydroxylation is 2. The van der Waals surface area contributed by atoms with E-state index >= 15 is 0 Å². The topological polar surface area (TPSA) is 26.3 Å². The standard InChI is InChI=1S/C22H24O2/c1-4-11-24-19-8-5-17(6-9-19)14-18-7-10-20-16(3)12-15(2)13-21(20)22(18)23/h5-6,8-9,12-14H,4,7,10-11H2,1-3H3/b18-14-. The highest BCUT2D eigenvalue weighted by Crippen LogP contribution is 2.30. The monoisotopic (exact) mass is 320 g/mol. The predicted molar refractivity (Wildman–Crippen MR) is 98.8 cm³/mol. The summed E-state index contributed by atoms with van der Waals surface area (Å²) in [5.41, 5.74) is 6.43. The van der Waals surface area contributed by atoms with Gasteiger partial charge >= 0.3 is 0 Å². The van der Waals surface area contributed by atoms with Crippen LogP contribution in [0.15, 0.2) is 42.0 Å². The van der Waals surface area contributed by atoms with E-state index in [1.807, 2.05) is 43.3 Å². The van der Waals surface area contributed by atoms with E-state index in [0.717, 1.165) is 53.9 Å². The van der Waals surface area contributed by atoms with E-state index < -0.39 is 0 Å². The van der Waals surface area contributed by atoms with Crippen molar-refractivity contribution >= 4 is 11.9 Å². The van der Waals surface area contributed by atoms with Gasteiger partial charge in [0.15, 0.2) is 5.78 Å². The number of hydrogen-bond acceptors (Lipinski definition) is 2. The van der Waals surface area contributed by atoms with Crippen molar-refractivity contribution in [2.45, 2.75) is 40.0 Å². The summed E-state index contributed by atoms with van der Waals surface area (Å²) >= 11 is 0. The largest absolute Gasteiger partial charge is 0.494 e. The fourth-order valence-electron chi connectivity index (χ4n) is 3.30. The maximum Gasteiger partial charge on any atom is 0.189 e. The van der Waals surface area contributed by atoms with Crippen LogP contribution in [0.5, 0.6) is 5.75 Å². The number of carbonyl (C=O) groups is 1. The Morgan fingerprint density at radius 2 is 1.83 bits per heavy atom. The number of hydrogen-bond donors (Lipinski definition) is 0. The second-order valence-corrected chi connectivity index (χ2v) is 6.52. The van der Waals surface area contributed by atoms with E-state index in [2.05, 4.69) is 19.9 Å². The molecule has 124 valence electrons. The molecule has 0 heterocycles. The molecule has 0 fully saturated rings. The van der Waals surface area contributed by atoms with E-state index in [0.29, 0.717) is 0 Å². The molecule has 3 rings (SSSR count). The van der Waals surface area contributed by atoms with Crippen molar-refractivity contribution in [1.82, 2.24) is 0 Å². The second kappa shape index (κ2) is 7.04. The molecular formula is C22H24O2. The van der Waals surface area contributed by atoms with Crippen LogP contribution in [0, 0.1) is 13.8 Å². The summed E-state index contributed by atoms with van der Waals surface area (Å²) in [6.07, 6.45) is 4.77. The van der Waals surface area contributed by atoms with Crippen LogP contribution in [-0.2, 0) is 6.42 Å². The number of fused-ring (bicyclic) bond motifs is 1. The minimum absolute atomic E-state index is 0.175. The molecule has 0 saturated carbocycles. The molecule has 0 atom stereocenters. The van der Waals surface area contributed by atoms with Crippen LogP contribution in [0.25, 0.3) is 6.08 Å². The molecule has 0 N–H and O–H groups in total. The Balaban J connectivity index is 1.85. The van der Waals surface area contributed by atoms with Crippen LogP contribution in [0.3, 0.4) is 0 Å². The van der Waals surface area contributed by atoms with Gasteiger partial charge in [0.25, 0.3) is 0 Å². The number of allylic oxidation sites excluding steroid dienone is 1. The van der Waals surface area contributed by atoms with Crippen LogP contribution in [0.1, 0.15) is 52.4 Å². The smallest absolute Gasteiger partial charge is 0.189 e. The summed E-state index contributed by atoms with van der Waals surface area (Å²) in [5.74, 6) is 1.06. The Labute approximate surface area is 144 Å². The Morgan fingerprint density at radius 1 is 1.08 bits per heavy atom. The van der Waals surface area contributed by atoms with Crippen molar-refractivity contribution in [2.75, 3.05) is 6.61 Å². The van der Waals surface area contributed by atoms with Crippen molar-refractivity contribution < 1.29 is 9.53 Å². The van der Waals surface area contributed by atoms with E-state index in [-0.39, 0.29) is 5.78 Å². The van der Waals surface area contributed by atoms with Crippen LogP contribution >= 0.6 is 0 Å². The van der Waals surface area contributed by atoms with Crippen molar-refractivity contribution in [1.29, 1.82) is 0 Å². The fourth-order valence-corrected chi connectivity index (χ4v) is 3.30. The predicted octanol–water partition coefficient (Wildman–Crippen LogP) is 5.30. The molecule has 0 spiro atoms. The fraction of sp³-hybridized carbons (Fsp3) is 0.318. The maximum atomic E-state index is 12.8. The third-order valence-corrected chi connectivity index (χ3v) is 4.49. The third kappa shape index (κ3) is 3.43. The lowest BCUT2D eigenvalue weighted by Gasteiger charge is -2.20. The molecule has 2 aromatic rings. The molecule has 1 aliphatic rings. The molecule has 0 unspecified atom stereocenters. The molecule has 1 aliphatic carbocycles. The molecule has 2 aromatic carbocycles. The van der Waals surface area contributed by atoms with E-state index in [1.165, 1.54) is 11.1 Å². The second-order valence-electron chi connectivity index (χ2n) is 6.52. The van der Waals surface area contributed by atoms with Crippen molar-refractivity contribution in [3.63, 3.8) is 0 Å². The molecule has 0 aliphatic heterocycles. The Kier molecular flexibility index (Phi) is 4.84. The zero-order chi connectivity index (χ0) is 17.1. The number of rotatable bonds is 4. The van der Waals surface area contributed by atoms with Crippen LogP contribution in [0.4, 0.5) is 0 Å². The highest BCUT2D eigenvalue weighted by Gasteiger charge is 2.23. The maximum absolute atomic E-state index is 12.8. The quantitative estimate of drug-likeness (QED) is 0.714. The van der Waals surface area contributed by atoms with Gasteiger partial charge in [0, 0.05) is 11.1 Å². The third-order valence-electron chi connectivity index (χ3n) is 4.49. The Morgan fingerprint density at radius 3 is 2.54 bits per heavy atom. The summed E-state index contributed by atoms with van der Waals surface area (Å²) in [4.78, 5) is 12.8. The number of Topliss-reactive ketones (excluding diaryl/α,β-unsaturated/α-hetero) is 1. The van der Waals surface area contributed by atoms with Crippen molar-refractivity contribution in [3.05, 3.63) is 69.8 Å².